The van der Waals surface area contributed by atoms with Crippen molar-refractivity contribution < 1.29 is 14.2 Å². The lowest BCUT2D eigenvalue weighted by molar-refractivity contribution is 0.171. The number of hydrogen-bond donors (Lipinski definition) is 1. The van der Waals surface area contributed by atoms with E-state index in [0.717, 1.165) is 24.2 Å². The molecule has 16 heavy (non-hydrogen) atoms. The Bertz CT molecular complexity index is 379. The van der Waals surface area contributed by atoms with Crippen LogP contribution in [0.3, 0.4) is 0 Å². The fraction of sp³-hybridized carbons (Fsp3) is 0.500. The van der Waals surface area contributed by atoms with Crippen LogP contribution in [0.2, 0.25) is 0 Å². The number of ether oxygens (including phenoxy) is 3. The predicted octanol–water partition coefficient (Wildman–Crippen LogP) is 1.70. The first-order valence-corrected chi connectivity index (χ1v) is 5.46. The Morgan fingerprint density at radius 3 is 2.94 bits per heavy atom. The molecule has 4 heteroatoms. The van der Waals surface area contributed by atoms with Crippen LogP contribution >= 0.6 is 0 Å². The SMILES string of the molecule is CCC(N)Cc1cc(OC)c2c(c1)OCO2. The molecule has 1 atom stereocenters. The summed E-state index contributed by atoms with van der Waals surface area (Å²) in [7, 11) is 1.63. The number of nitrogens with two attached hydrogens (primary N) is 1. The van der Waals surface area contributed by atoms with Gasteiger partial charge in [-0.25, -0.2) is 0 Å². The number of methoxy groups -OCH3 is 1. The quantitative estimate of drug-likeness (QED) is 0.844. The molecule has 0 amide bonds. The Kier molecular flexibility index (Phi) is 3.19. The number of rotatable bonds is 4. The van der Waals surface area contributed by atoms with Gasteiger partial charge in [0, 0.05) is 6.04 Å². The second-order valence-electron chi connectivity index (χ2n) is 3.90. The molecule has 4 nitrogen and oxygen atoms in total. The van der Waals surface area contributed by atoms with Crippen LogP contribution in [0.15, 0.2) is 12.1 Å². The predicted molar refractivity (Wildman–Crippen MR) is 61.1 cm³/mol. The molecular weight excluding hydrogens is 206 g/mol. The normalized spacial score (nSPS) is 14.9. The zero-order chi connectivity index (χ0) is 11.5. The van der Waals surface area contributed by atoms with Crippen LogP contribution in [0.1, 0.15) is 18.9 Å². The van der Waals surface area contributed by atoms with E-state index in [9.17, 15) is 0 Å². The van der Waals surface area contributed by atoms with Crippen molar-refractivity contribution in [1.82, 2.24) is 0 Å². The molecule has 2 rings (SSSR count). The van der Waals surface area contributed by atoms with Gasteiger partial charge < -0.3 is 19.9 Å². The van der Waals surface area contributed by atoms with Crippen molar-refractivity contribution in [3.8, 4) is 17.2 Å². The third-order valence-corrected chi connectivity index (χ3v) is 2.74. The summed E-state index contributed by atoms with van der Waals surface area (Å²) in [5, 5.41) is 0. The van der Waals surface area contributed by atoms with Crippen LogP contribution in [-0.4, -0.2) is 19.9 Å². The van der Waals surface area contributed by atoms with Gasteiger partial charge in [-0.3, -0.25) is 0 Å². The van der Waals surface area contributed by atoms with Gasteiger partial charge >= 0.3 is 0 Å². The van der Waals surface area contributed by atoms with Gasteiger partial charge in [0.1, 0.15) is 0 Å². The van der Waals surface area contributed by atoms with Gasteiger partial charge in [0.2, 0.25) is 12.5 Å². The van der Waals surface area contributed by atoms with Crippen LogP contribution in [0.4, 0.5) is 0 Å². The smallest absolute Gasteiger partial charge is 0.231 e. The summed E-state index contributed by atoms with van der Waals surface area (Å²) in [5.74, 6) is 2.15. The fourth-order valence-electron chi connectivity index (χ4n) is 1.75. The fourth-order valence-corrected chi connectivity index (χ4v) is 1.75. The van der Waals surface area contributed by atoms with E-state index in [1.54, 1.807) is 7.11 Å². The minimum Gasteiger partial charge on any atom is -0.493 e. The molecule has 0 radical (unpaired) electrons. The average molecular weight is 223 g/mol. The van der Waals surface area contributed by atoms with Crippen molar-refractivity contribution in [3.63, 3.8) is 0 Å². The molecule has 1 aliphatic heterocycles. The lowest BCUT2D eigenvalue weighted by Gasteiger charge is -2.11. The van der Waals surface area contributed by atoms with Crippen LogP contribution < -0.4 is 19.9 Å². The zero-order valence-electron chi connectivity index (χ0n) is 9.66. The maximum Gasteiger partial charge on any atom is 0.231 e. The summed E-state index contributed by atoms with van der Waals surface area (Å²) >= 11 is 0. The molecule has 1 aromatic rings. The number of benzene rings is 1. The van der Waals surface area contributed by atoms with E-state index in [4.69, 9.17) is 19.9 Å². The number of fused-ring (bicyclic) bond motifs is 1. The molecule has 2 N–H and O–H groups in total. The second kappa shape index (κ2) is 4.61. The van der Waals surface area contributed by atoms with Crippen molar-refractivity contribution >= 4 is 0 Å². The Balaban J connectivity index is 2.27. The van der Waals surface area contributed by atoms with Gasteiger partial charge in [-0.15, -0.1) is 0 Å². The molecule has 0 aromatic heterocycles. The molecule has 1 unspecified atom stereocenters. The monoisotopic (exact) mass is 223 g/mol. The molecule has 0 saturated heterocycles. The van der Waals surface area contributed by atoms with Crippen molar-refractivity contribution in [2.24, 2.45) is 5.73 Å². The molecule has 1 aromatic carbocycles. The second-order valence-corrected chi connectivity index (χ2v) is 3.90. The van der Waals surface area contributed by atoms with Gasteiger partial charge in [0.15, 0.2) is 11.5 Å². The van der Waals surface area contributed by atoms with E-state index in [1.165, 1.54) is 0 Å². The summed E-state index contributed by atoms with van der Waals surface area (Å²) in [6.07, 6.45) is 1.78. The van der Waals surface area contributed by atoms with E-state index in [1.807, 2.05) is 12.1 Å². The topological polar surface area (TPSA) is 53.7 Å². The minimum absolute atomic E-state index is 0.171. The molecule has 0 bridgehead atoms. The lowest BCUT2D eigenvalue weighted by atomic mass is 10.0. The number of hydrogen-bond acceptors (Lipinski definition) is 4. The van der Waals surface area contributed by atoms with Crippen molar-refractivity contribution in [2.45, 2.75) is 25.8 Å². The Morgan fingerprint density at radius 1 is 1.44 bits per heavy atom. The van der Waals surface area contributed by atoms with E-state index >= 15 is 0 Å². The maximum atomic E-state index is 5.93. The van der Waals surface area contributed by atoms with E-state index in [-0.39, 0.29) is 12.8 Å². The van der Waals surface area contributed by atoms with Crippen molar-refractivity contribution in [1.29, 1.82) is 0 Å². The highest BCUT2D eigenvalue weighted by molar-refractivity contribution is 5.55. The summed E-state index contributed by atoms with van der Waals surface area (Å²) in [6.45, 7) is 2.34. The lowest BCUT2D eigenvalue weighted by Crippen LogP contribution is -2.21. The Hall–Kier alpha value is -1.42. The van der Waals surface area contributed by atoms with E-state index in [2.05, 4.69) is 6.92 Å². The van der Waals surface area contributed by atoms with E-state index < -0.39 is 0 Å². The standard InChI is InChI=1S/C12H17NO3/c1-3-9(13)4-8-5-10(14-2)12-11(6-8)15-7-16-12/h5-6,9H,3-4,7,13H2,1-2H3. The summed E-state index contributed by atoms with van der Waals surface area (Å²) < 4.78 is 15.9. The summed E-state index contributed by atoms with van der Waals surface area (Å²) in [5.41, 5.74) is 7.05. The first-order chi connectivity index (χ1) is 7.74. The van der Waals surface area contributed by atoms with Gasteiger partial charge in [-0.2, -0.15) is 0 Å². The molecule has 0 saturated carbocycles. The van der Waals surface area contributed by atoms with E-state index in [0.29, 0.717) is 11.5 Å². The highest BCUT2D eigenvalue weighted by Gasteiger charge is 2.20. The van der Waals surface area contributed by atoms with Gasteiger partial charge in [-0.05, 0) is 30.5 Å². The largest absolute Gasteiger partial charge is 0.493 e. The first kappa shape index (κ1) is 11.1. The molecule has 0 aliphatic carbocycles. The van der Waals surface area contributed by atoms with Gasteiger partial charge in [0.05, 0.1) is 7.11 Å². The van der Waals surface area contributed by atoms with Crippen molar-refractivity contribution in [3.05, 3.63) is 17.7 Å². The third kappa shape index (κ3) is 2.07. The van der Waals surface area contributed by atoms with Crippen molar-refractivity contribution in [2.75, 3.05) is 13.9 Å². The summed E-state index contributed by atoms with van der Waals surface area (Å²) in [6, 6.07) is 4.11. The highest BCUT2D eigenvalue weighted by atomic mass is 16.7. The minimum atomic E-state index is 0.171. The maximum absolute atomic E-state index is 5.93. The molecule has 88 valence electrons. The third-order valence-electron chi connectivity index (χ3n) is 2.74. The van der Waals surface area contributed by atoms with Crippen LogP contribution in [0.25, 0.3) is 0 Å². The molecule has 1 aliphatic rings. The van der Waals surface area contributed by atoms with Gasteiger partial charge in [0.25, 0.3) is 0 Å². The summed E-state index contributed by atoms with van der Waals surface area (Å²) in [4.78, 5) is 0. The Morgan fingerprint density at radius 2 is 2.25 bits per heavy atom. The first-order valence-electron chi connectivity index (χ1n) is 5.46. The molecule has 0 spiro atoms. The van der Waals surface area contributed by atoms with Crippen LogP contribution in [0, 0.1) is 0 Å². The highest BCUT2D eigenvalue weighted by Crippen LogP contribution is 2.41. The molecular formula is C12H17NO3. The van der Waals surface area contributed by atoms with Crippen LogP contribution in [-0.2, 0) is 6.42 Å². The molecule has 0 fully saturated rings. The average Bonchev–Trinajstić information content (AvgIpc) is 2.75. The Labute approximate surface area is 95.3 Å². The van der Waals surface area contributed by atoms with Crippen LogP contribution in [0.5, 0.6) is 17.2 Å². The molecule has 1 heterocycles. The van der Waals surface area contributed by atoms with Gasteiger partial charge in [-0.1, -0.05) is 6.92 Å². The zero-order valence-corrected chi connectivity index (χ0v) is 9.66.